The molecule has 0 atom stereocenters. The van der Waals surface area contributed by atoms with Crippen molar-refractivity contribution in [1.82, 2.24) is 9.97 Å². The molecule has 0 unspecified atom stereocenters. The van der Waals surface area contributed by atoms with E-state index >= 15 is 0 Å². The van der Waals surface area contributed by atoms with Crippen LogP contribution in [0, 0.1) is 6.07 Å². The van der Waals surface area contributed by atoms with Crippen molar-refractivity contribution in [2.75, 3.05) is 0 Å². The van der Waals surface area contributed by atoms with Crippen LogP contribution in [0.5, 0.6) is 5.75 Å². The zero-order chi connectivity index (χ0) is 25.5. The van der Waals surface area contributed by atoms with Gasteiger partial charge in [-0.1, -0.05) is 83.9 Å². The maximum Gasteiger partial charge on any atom is 0.230 e. The average Bonchev–Trinajstić information content (AvgIpc) is 3.42. The first-order chi connectivity index (χ1) is 18.8. The van der Waals surface area contributed by atoms with Gasteiger partial charge in [0, 0.05) is 38.2 Å². The summed E-state index contributed by atoms with van der Waals surface area (Å²) < 4.78 is 6.03. The van der Waals surface area contributed by atoms with Crippen LogP contribution in [0.25, 0.3) is 66.8 Å². The fraction of sp³-hybridized carbons (Fsp3) is 0. The molecule has 5 heteroatoms. The molecule has 0 spiro atoms. The maximum absolute atomic E-state index is 10.3. The number of phenols is 1. The quantitative estimate of drug-likeness (QED) is 0.189. The molecule has 39 heavy (non-hydrogen) atoms. The molecule has 1 N–H and O–H groups in total. The average molecular weight is 685 g/mol. The smallest absolute Gasteiger partial charge is 0.230 e. The first kappa shape index (κ1) is 24.8. The van der Waals surface area contributed by atoms with Crippen LogP contribution in [-0.2, 0) is 21.1 Å². The van der Waals surface area contributed by atoms with Gasteiger partial charge in [0.25, 0.3) is 0 Å². The number of aromatic hydroxyl groups is 1. The van der Waals surface area contributed by atoms with E-state index in [4.69, 9.17) is 14.4 Å². The van der Waals surface area contributed by atoms with Gasteiger partial charge in [-0.05, 0) is 35.4 Å². The number of para-hydroxylation sites is 2. The first-order valence-electron chi connectivity index (χ1n) is 12.4. The van der Waals surface area contributed by atoms with Crippen molar-refractivity contribution in [3.63, 3.8) is 0 Å². The number of rotatable bonds is 4. The van der Waals surface area contributed by atoms with Gasteiger partial charge in [-0.15, -0.1) is 35.4 Å². The van der Waals surface area contributed by atoms with E-state index < -0.39 is 0 Å². The molecule has 5 aromatic carbocycles. The number of benzene rings is 5. The molecule has 0 bridgehead atoms. The van der Waals surface area contributed by atoms with E-state index in [-0.39, 0.29) is 26.8 Å². The number of pyridine rings is 1. The van der Waals surface area contributed by atoms with E-state index in [1.165, 1.54) is 0 Å². The maximum atomic E-state index is 10.3. The Kier molecular flexibility index (Phi) is 6.56. The van der Waals surface area contributed by atoms with E-state index in [9.17, 15) is 5.11 Å². The van der Waals surface area contributed by atoms with Gasteiger partial charge in [0.2, 0.25) is 5.89 Å². The van der Waals surface area contributed by atoms with Gasteiger partial charge in [0.15, 0.2) is 0 Å². The van der Waals surface area contributed by atoms with Gasteiger partial charge in [-0.3, -0.25) is 4.98 Å². The largest absolute Gasteiger partial charge is 0.507 e. The SMILES string of the molecule is Oc1ccccc1-c1nc2c(-c3[c-]c(-c4ccc(-c5ccccc5)c5cccnc45)ccc3)cccc2o1.[Pt]. The fourth-order valence-corrected chi connectivity index (χ4v) is 4.98. The van der Waals surface area contributed by atoms with E-state index in [1.54, 1.807) is 18.2 Å². The molecule has 0 saturated heterocycles. The predicted octanol–water partition coefficient (Wildman–Crippen LogP) is 8.55. The second-order valence-electron chi connectivity index (χ2n) is 9.09. The molecule has 0 aliphatic carbocycles. The molecule has 0 aliphatic heterocycles. The molecule has 2 heterocycles. The molecule has 4 nitrogen and oxygen atoms in total. The number of hydrogen-bond donors (Lipinski definition) is 1. The Hall–Kier alpha value is -4.53. The zero-order valence-electron chi connectivity index (χ0n) is 20.6. The normalized spacial score (nSPS) is 11.0. The van der Waals surface area contributed by atoms with E-state index in [1.807, 2.05) is 54.7 Å². The van der Waals surface area contributed by atoms with Crippen molar-refractivity contribution in [3.05, 3.63) is 128 Å². The molecule has 7 aromatic rings. The van der Waals surface area contributed by atoms with Crippen molar-refractivity contribution < 1.29 is 30.6 Å². The molecule has 0 fully saturated rings. The third kappa shape index (κ3) is 4.43. The van der Waals surface area contributed by atoms with E-state index in [0.717, 1.165) is 49.8 Å². The predicted molar refractivity (Wildman–Crippen MR) is 152 cm³/mol. The summed E-state index contributed by atoms with van der Waals surface area (Å²) in [6, 6.07) is 41.4. The molecule has 0 saturated carbocycles. The van der Waals surface area contributed by atoms with E-state index in [2.05, 4.69) is 54.6 Å². The van der Waals surface area contributed by atoms with Gasteiger partial charge in [0.05, 0.1) is 11.1 Å². The molecule has 7 rings (SSSR count). The van der Waals surface area contributed by atoms with Gasteiger partial charge >= 0.3 is 0 Å². The minimum Gasteiger partial charge on any atom is -0.507 e. The van der Waals surface area contributed by atoms with Crippen LogP contribution in [0.15, 0.2) is 126 Å². The minimum absolute atomic E-state index is 0. The van der Waals surface area contributed by atoms with Gasteiger partial charge in [0.1, 0.15) is 11.3 Å². The van der Waals surface area contributed by atoms with Crippen LogP contribution in [0.1, 0.15) is 0 Å². The van der Waals surface area contributed by atoms with Crippen molar-refractivity contribution in [1.29, 1.82) is 0 Å². The minimum atomic E-state index is 0. The number of nitrogens with zero attached hydrogens (tertiary/aromatic N) is 2. The summed E-state index contributed by atoms with van der Waals surface area (Å²) in [5.41, 5.74) is 8.96. The van der Waals surface area contributed by atoms with Crippen LogP contribution in [0.2, 0.25) is 0 Å². The van der Waals surface area contributed by atoms with Crippen LogP contribution >= 0.6 is 0 Å². The molecule has 190 valence electrons. The standard InChI is InChI=1S/C34H21N2O2.Pt/c37-30-16-5-4-13-29(30)34-36-33-26(14-7-17-31(33)38-34)23-11-6-12-24(21-23)27-19-18-25(22-9-2-1-3-10-22)28-15-8-20-35-32(27)28;/h1-20,37H;/q-1;. The molecular formula is C34H21N2O2Pt-. The molecular weight excluding hydrogens is 663 g/mol. The summed E-state index contributed by atoms with van der Waals surface area (Å²) in [6.45, 7) is 0. The Morgan fingerprint density at radius 2 is 1.28 bits per heavy atom. The molecule has 0 amide bonds. The van der Waals surface area contributed by atoms with Crippen molar-refractivity contribution in [3.8, 4) is 50.6 Å². The summed E-state index contributed by atoms with van der Waals surface area (Å²) in [7, 11) is 0. The third-order valence-electron chi connectivity index (χ3n) is 6.78. The Balaban J connectivity index is 0.00000277. The summed E-state index contributed by atoms with van der Waals surface area (Å²) in [5.74, 6) is 0.515. The summed E-state index contributed by atoms with van der Waals surface area (Å²) in [6.07, 6.45) is 1.83. The number of oxazole rings is 1. The van der Waals surface area contributed by atoms with Crippen molar-refractivity contribution in [2.45, 2.75) is 0 Å². The Morgan fingerprint density at radius 3 is 2.10 bits per heavy atom. The Bertz CT molecular complexity index is 1950. The molecule has 2 aromatic heterocycles. The summed E-state index contributed by atoms with van der Waals surface area (Å²) in [4.78, 5) is 9.53. The summed E-state index contributed by atoms with van der Waals surface area (Å²) >= 11 is 0. The van der Waals surface area contributed by atoms with Crippen LogP contribution in [0.4, 0.5) is 0 Å². The molecule has 0 radical (unpaired) electrons. The fourth-order valence-electron chi connectivity index (χ4n) is 4.98. The van der Waals surface area contributed by atoms with Crippen LogP contribution < -0.4 is 0 Å². The van der Waals surface area contributed by atoms with Gasteiger partial charge in [-0.25, -0.2) is 4.98 Å². The van der Waals surface area contributed by atoms with E-state index in [0.29, 0.717) is 17.0 Å². The number of fused-ring (bicyclic) bond motifs is 2. The topological polar surface area (TPSA) is 59.2 Å². The van der Waals surface area contributed by atoms with Gasteiger partial charge < -0.3 is 9.52 Å². The van der Waals surface area contributed by atoms with Gasteiger partial charge in [-0.2, -0.15) is 0 Å². The number of aromatic nitrogens is 2. The Labute approximate surface area is 239 Å². The van der Waals surface area contributed by atoms with Crippen LogP contribution in [0.3, 0.4) is 0 Å². The first-order valence-corrected chi connectivity index (χ1v) is 12.4. The third-order valence-corrected chi connectivity index (χ3v) is 6.78. The molecule has 0 aliphatic rings. The summed E-state index contributed by atoms with van der Waals surface area (Å²) in [5, 5.41) is 11.4. The monoisotopic (exact) mass is 684 g/mol. The number of phenolic OH excluding ortho intramolecular Hbond substituents is 1. The zero-order valence-corrected chi connectivity index (χ0v) is 22.9. The second kappa shape index (κ2) is 10.3. The van der Waals surface area contributed by atoms with Crippen LogP contribution in [-0.4, -0.2) is 15.1 Å². The second-order valence-corrected chi connectivity index (χ2v) is 9.09. The van der Waals surface area contributed by atoms with Crippen molar-refractivity contribution in [2.24, 2.45) is 0 Å². The van der Waals surface area contributed by atoms with Crippen molar-refractivity contribution >= 4 is 22.0 Å². The Morgan fingerprint density at radius 1 is 0.590 bits per heavy atom. The number of hydrogen-bond acceptors (Lipinski definition) is 4.